The van der Waals surface area contributed by atoms with Crippen molar-refractivity contribution >= 4 is 34.4 Å². The first kappa shape index (κ1) is 24.1. The quantitative estimate of drug-likeness (QED) is 0.121. The van der Waals surface area contributed by atoms with E-state index in [2.05, 4.69) is 15.5 Å². The molecule has 0 atom stereocenters. The molecule has 0 radical (unpaired) electrons. The Labute approximate surface area is 211 Å². The number of hydrogen-bond donors (Lipinski definition) is 0. The summed E-state index contributed by atoms with van der Waals surface area (Å²) in [5.41, 5.74) is 0.934. The monoisotopic (exact) mass is 526 g/mol. The van der Waals surface area contributed by atoms with Crippen LogP contribution in [0.4, 0.5) is 13.2 Å². The summed E-state index contributed by atoms with van der Waals surface area (Å²) < 4.78 is 43.7. The third-order valence-corrected chi connectivity index (χ3v) is 7.22. The number of para-hydroxylation sites is 2. The average Bonchev–Trinajstić information content (AvgIpc) is 3.36. The summed E-state index contributed by atoms with van der Waals surface area (Å²) in [5.74, 6) is -3.04. The van der Waals surface area contributed by atoms with E-state index < -0.39 is 17.5 Å². The van der Waals surface area contributed by atoms with E-state index in [9.17, 15) is 18.0 Å². The minimum Gasteiger partial charge on any atom is -0.268 e. The van der Waals surface area contributed by atoms with Gasteiger partial charge in [-0.15, -0.1) is 5.10 Å². The smallest absolute Gasteiger partial charge is 0.266 e. The number of halogens is 3. The number of hydrogen-bond acceptors (Lipinski definition) is 7. The van der Waals surface area contributed by atoms with Gasteiger partial charge in [-0.25, -0.2) is 18.2 Å². The summed E-state index contributed by atoms with van der Waals surface area (Å²) in [7, 11) is 0. The van der Waals surface area contributed by atoms with Crippen LogP contribution in [0.5, 0.6) is 0 Å². The maximum atomic E-state index is 14.2. The van der Waals surface area contributed by atoms with Crippen LogP contribution in [0.2, 0.25) is 0 Å². The second kappa shape index (κ2) is 10.5. The van der Waals surface area contributed by atoms with Crippen LogP contribution in [0.25, 0.3) is 22.3 Å². The standard InChI is InChI=1S/C24H17F3N6OS2/c25-17-11-12-19(21(27)20(17)26)33-24(29-30-31-33)36-14-6-13-35-23-28-18-10-5-4-9-16(18)22(34)32(23)15-7-2-1-3-8-15/h1-5,7-12H,6,13-14H2. The van der Waals surface area contributed by atoms with Crippen LogP contribution in [-0.4, -0.2) is 41.3 Å². The van der Waals surface area contributed by atoms with Crippen molar-refractivity contribution in [2.45, 2.75) is 16.7 Å². The predicted molar refractivity (Wildman–Crippen MR) is 132 cm³/mol. The summed E-state index contributed by atoms with van der Waals surface area (Å²) in [5, 5.41) is 12.4. The second-order valence-corrected chi connectivity index (χ2v) is 9.63. The van der Waals surface area contributed by atoms with Gasteiger partial charge in [0.05, 0.1) is 16.6 Å². The van der Waals surface area contributed by atoms with E-state index in [4.69, 9.17) is 4.98 Å². The number of fused-ring (bicyclic) bond motifs is 1. The van der Waals surface area contributed by atoms with Gasteiger partial charge in [0, 0.05) is 11.5 Å². The Morgan fingerprint density at radius 3 is 2.33 bits per heavy atom. The summed E-state index contributed by atoms with van der Waals surface area (Å²) in [6.07, 6.45) is 0.680. The van der Waals surface area contributed by atoms with Crippen molar-refractivity contribution in [3.8, 4) is 11.4 Å². The predicted octanol–water partition coefficient (Wildman–Crippen LogP) is 5.05. The lowest BCUT2D eigenvalue weighted by Gasteiger charge is -2.13. The van der Waals surface area contributed by atoms with Crippen LogP contribution in [0.3, 0.4) is 0 Å². The molecule has 5 aromatic rings. The molecule has 0 fully saturated rings. The van der Waals surface area contributed by atoms with Crippen LogP contribution < -0.4 is 5.56 Å². The molecule has 0 saturated carbocycles. The third-order valence-electron chi connectivity index (χ3n) is 5.19. The molecule has 2 aromatic heterocycles. The lowest BCUT2D eigenvalue weighted by molar-refractivity contribution is 0.441. The zero-order chi connectivity index (χ0) is 25.1. The molecule has 2 heterocycles. The molecule has 36 heavy (non-hydrogen) atoms. The minimum atomic E-state index is -1.58. The second-order valence-electron chi connectivity index (χ2n) is 7.51. The molecular formula is C24H17F3N6OS2. The van der Waals surface area contributed by atoms with E-state index in [0.717, 1.165) is 22.5 Å². The Morgan fingerprint density at radius 2 is 1.53 bits per heavy atom. The van der Waals surface area contributed by atoms with Gasteiger partial charge in [0.25, 0.3) is 5.56 Å². The average molecular weight is 527 g/mol. The van der Waals surface area contributed by atoms with Gasteiger partial charge in [0.15, 0.2) is 22.6 Å². The highest BCUT2D eigenvalue weighted by molar-refractivity contribution is 8.00. The molecule has 0 amide bonds. The Bertz CT molecular complexity index is 1590. The summed E-state index contributed by atoms with van der Waals surface area (Å²) >= 11 is 2.69. The van der Waals surface area contributed by atoms with E-state index in [0.29, 0.717) is 34.0 Å². The molecule has 0 aliphatic carbocycles. The third kappa shape index (κ3) is 4.73. The topological polar surface area (TPSA) is 78.5 Å². The van der Waals surface area contributed by atoms with Crippen LogP contribution in [-0.2, 0) is 0 Å². The van der Waals surface area contributed by atoms with Gasteiger partial charge in [-0.05, 0) is 53.2 Å². The molecule has 12 heteroatoms. The fourth-order valence-corrected chi connectivity index (χ4v) is 5.46. The highest BCUT2D eigenvalue weighted by Gasteiger charge is 2.19. The summed E-state index contributed by atoms with van der Waals surface area (Å²) in [6, 6.07) is 18.4. The zero-order valence-corrected chi connectivity index (χ0v) is 20.1. The van der Waals surface area contributed by atoms with Crippen molar-refractivity contribution in [2.75, 3.05) is 11.5 Å². The van der Waals surface area contributed by atoms with Crippen LogP contribution in [0, 0.1) is 17.5 Å². The highest BCUT2D eigenvalue weighted by Crippen LogP contribution is 2.26. The Morgan fingerprint density at radius 1 is 0.806 bits per heavy atom. The van der Waals surface area contributed by atoms with E-state index in [1.54, 1.807) is 10.6 Å². The van der Waals surface area contributed by atoms with Gasteiger partial charge in [-0.1, -0.05) is 53.9 Å². The first-order valence-corrected chi connectivity index (χ1v) is 12.8. The molecule has 0 unspecified atom stereocenters. The Kier molecular flexibility index (Phi) is 7.05. The molecule has 182 valence electrons. The number of thioether (sulfide) groups is 2. The first-order valence-electron chi connectivity index (χ1n) is 10.8. The van der Waals surface area contributed by atoms with E-state index >= 15 is 0 Å². The van der Waals surface area contributed by atoms with Crippen molar-refractivity contribution in [1.29, 1.82) is 0 Å². The molecule has 3 aromatic carbocycles. The van der Waals surface area contributed by atoms with Gasteiger partial charge >= 0.3 is 0 Å². The number of aromatic nitrogens is 6. The Hall–Kier alpha value is -3.64. The number of rotatable bonds is 8. The highest BCUT2D eigenvalue weighted by atomic mass is 32.2. The molecule has 0 spiro atoms. The van der Waals surface area contributed by atoms with Gasteiger partial charge in [0.2, 0.25) is 5.16 Å². The number of tetrazole rings is 1. The zero-order valence-electron chi connectivity index (χ0n) is 18.5. The van der Waals surface area contributed by atoms with Crippen LogP contribution >= 0.6 is 23.5 Å². The SMILES string of the molecule is O=c1c2ccccc2nc(SCCCSc2nnnn2-c2ccc(F)c(F)c2F)n1-c1ccccc1. The van der Waals surface area contributed by atoms with Crippen LogP contribution in [0.1, 0.15) is 6.42 Å². The lowest BCUT2D eigenvalue weighted by atomic mass is 10.2. The van der Waals surface area contributed by atoms with Gasteiger partial charge in [0.1, 0.15) is 5.69 Å². The van der Waals surface area contributed by atoms with Crippen molar-refractivity contribution in [2.24, 2.45) is 0 Å². The molecule has 7 nitrogen and oxygen atoms in total. The fourth-order valence-electron chi connectivity index (χ4n) is 3.50. The first-order chi connectivity index (χ1) is 17.5. The largest absolute Gasteiger partial charge is 0.268 e. The summed E-state index contributed by atoms with van der Waals surface area (Å²) in [6.45, 7) is 0. The molecule has 0 N–H and O–H groups in total. The van der Waals surface area contributed by atoms with Crippen molar-refractivity contribution in [1.82, 2.24) is 29.8 Å². The number of benzene rings is 3. The molecule has 0 bridgehead atoms. The summed E-state index contributed by atoms with van der Waals surface area (Å²) in [4.78, 5) is 18.0. The lowest BCUT2D eigenvalue weighted by Crippen LogP contribution is -2.21. The normalized spacial score (nSPS) is 11.3. The molecule has 0 aliphatic heterocycles. The van der Waals surface area contributed by atoms with E-state index in [1.165, 1.54) is 23.5 Å². The Balaban J connectivity index is 1.30. The van der Waals surface area contributed by atoms with Gasteiger partial charge < -0.3 is 0 Å². The minimum absolute atomic E-state index is 0.142. The van der Waals surface area contributed by atoms with E-state index in [1.807, 2.05) is 48.5 Å². The van der Waals surface area contributed by atoms with E-state index in [-0.39, 0.29) is 16.4 Å². The maximum Gasteiger partial charge on any atom is 0.266 e. The number of nitrogens with zero attached hydrogens (tertiary/aromatic N) is 6. The van der Waals surface area contributed by atoms with Crippen molar-refractivity contribution < 1.29 is 13.2 Å². The fraction of sp³-hybridized carbons (Fsp3) is 0.125. The molecule has 0 saturated heterocycles. The van der Waals surface area contributed by atoms with Gasteiger partial charge in [-0.3, -0.25) is 9.36 Å². The molecular weight excluding hydrogens is 509 g/mol. The van der Waals surface area contributed by atoms with Crippen LogP contribution in [0.15, 0.2) is 81.8 Å². The van der Waals surface area contributed by atoms with Crippen molar-refractivity contribution in [3.05, 3.63) is 94.5 Å². The van der Waals surface area contributed by atoms with Gasteiger partial charge in [-0.2, -0.15) is 4.68 Å². The molecule has 0 aliphatic rings. The van der Waals surface area contributed by atoms with Crippen molar-refractivity contribution in [3.63, 3.8) is 0 Å². The molecule has 5 rings (SSSR count). The maximum absolute atomic E-state index is 14.2.